The summed E-state index contributed by atoms with van der Waals surface area (Å²) in [6.45, 7) is 0. The molecule has 0 radical (unpaired) electrons. The molecule has 0 spiro atoms. The number of aromatic nitrogens is 2. The second-order valence-electron chi connectivity index (χ2n) is 7.55. The minimum absolute atomic E-state index is 0.0502. The summed E-state index contributed by atoms with van der Waals surface area (Å²) in [4.78, 5) is 41.8. The molecule has 10 heteroatoms. The highest BCUT2D eigenvalue weighted by atomic mass is 32.2. The molecule has 2 heterocycles. The number of aryl methyl sites for hydroxylation is 1. The number of carbonyl (C=O) groups excluding carboxylic acids is 1. The van der Waals surface area contributed by atoms with Gasteiger partial charge < -0.3 is 5.32 Å². The molecule has 3 aromatic carbocycles. The fourth-order valence-electron chi connectivity index (χ4n) is 3.79. The van der Waals surface area contributed by atoms with Crippen molar-refractivity contribution in [1.82, 2.24) is 9.55 Å². The van der Waals surface area contributed by atoms with Crippen LogP contribution < -0.4 is 10.9 Å². The summed E-state index contributed by atoms with van der Waals surface area (Å²) in [5.41, 5.74) is 1.62. The Kier molecular flexibility index (Phi) is 6.08. The smallest absolute Gasteiger partial charge is 0.272 e. The number of thioether (sulfide) groups is 2. The molecule has 0 atom stereocenters. The average molecular weight is 491 g/mol. The number of amides is 1. The van der Waals surface area contributed by atoms with Gasteiger partial charge in [-0.1, -0.05) is 48.2 Å². The summed E-state index contributed by atoms with van der Waals surface area (Å²) in [5.74, 6) is 0.600. The van der Waals surface area contributed by atoms with Crippen molar-refractivity contribution in [3.05, 3.63) is 92.9 Å². The van der Waals surface area contributed by atoms with Gasteiger partial charge in [-0.25, -0.2) is 4.98 Å². The second-order valence-corrected chi connectivity index (χ2v) is 9.59. The van der Waals surface area contributed by atoms with Crippen molar-refractivity contribution in [3.8, 4) is 5.69 Å². The van der Waals surface area contributed by atoms with E-state index in [1.807, 2.05) is 42.5 Å². The summed E-state index contributed by atoms with van der Waals surface area (Å²) < 4.78 is 1.43. The van der Waals surface area contributed by atoms with E-state index in [4.69, 9.17) is 0 Å². The Bertz CT molecular complexity index is 1480. The van der Waals surface area contributed by atoms with Gasteiger partial charge in [0.25, 0.3) is 11.2 Å². The first-order valence-electron chi connectivity index (χ1n) is 10.5. The highest BCUT2D eigenvalue weighted by molar-refractivity contribution is 8.00. The quantitative estimate of drug-likeness (QED) is 0.181. The molecule has 1 N–H and O–H groups in total. The largest absolute Gasteiger partial charge is 0.325 e. The highest BCUT2D eigenvalue weighted by Gasteiger charge is 2.23. The molecule has 5 rings (SSSR count). The molecule has 0 saturated heterocycles. The van der Waals surface area contributed by atoms with Crippen LogP contribution in [0.5, 0.6) is 0 Å². The third-order valence-corrected chi connectivity index (χ3v) is 7.43. The molecule has 0 aliphatic carbocycles. The van der Waals surface area contributed by atoms with Gasteiger partial charge in [0.15, 0.2) is 5.16 Å². The number of non-ortho nitro benzene ring substituents is 1. The molecule has 1 aliphatic rings. The lowest BCUT2D eigenvalue weighted by Crippen LogP contribution is -2.24. The zero-order chi connectivity index (χ0) is 23.7. The van der Waals surface area contributed by atoms with Gasteiger partial charge in [0.1, 0.15) is 0 Å². The van der Waals surface area contributed by atoms with E-state index in [1.54, 1.807) is 0 Å². The van der Waals surface area contributed by atoms with E-state index in [0.29, 0.717) is 22.2 Å². The van der Waals surface area contributed by atoms with Crippen molar-refractivity contribution in [1.29, 1.82) is 0 Å². The summed E-state index contributed by atoms with van der Waals surface area (Å²) in [7, 11) is 0. The molecule has 0 bridgehead atoms. The Hall–Kier alpha value is -3.63. The van der Waals surface area contributed by atoms with Gasteiger partial charge in [0, 0.05) is 35.4 Å². The lowest BCUT2D eigenvalue weighted by Gasteiger charge is -2.14. The maximum absolute atomic E-state index is 13.2. The fraction of sp³-hybridized carbons (Fsp3) is 0.125. The zero-order valence-corrected chi connectivity index (χ0v) is 19.4. The van der Waals surface area contributed by atoms with Crippen molar-refractivity contribution >= 4 is 51.6 Å². The summed E-state index contributed by atoms with van der Waals surface area (Å²) in [5, 5.41) is 16.3. The number of carbonyl (C=O) groups is 1. The van der Waals surface area contributed by atoms with Crippen molar-refractivity contribution in [2.75, 3.05) is 16.8 Å². The van der Waals surface area contributed by atoms with E-state index in [2.05, 4.69) is 10.3 Å². The first kappa shape index (κ1) is 22.2. The van der Waals surface area contributed by atoms with Crippen molar-refractivity contribution < 1.29 is 9.72 Å². The first-order chi connectivity index (χ1) is 16.5. The van der Waals surface area contributed by atoms with Crippen LogP contribution in [0.4, 0.5) is 11.4 Å². The number of benzene rings is 3. The molecule has 1 aromatic heterocycles. The van der Waals surface area contributed by atoms with Crippen LogP contribution in [-0.4, -0.2) is 31.9 Å². The number of nitrogens with zero attached hydrogens (tertiary/aromatic N) is 3. The number of anilines is 1. The van der Waals surface area contributed by atoms with Gasteiger partial charge in [-0.3, -0.25) is 24.3 Å². The van der Waals surface area contributed by atoms with E-state index in [9.17, 15) is 19.7 Å². The van der Waals surface area contributed by atoms with Gasteiger partial charge in [0.05, 0.1) is 27.0 Å². The molecule has 34 heavy (non-hydrogen) atoms. The Labute approximate surface area is 202 Å². The minimum Gasteiger partial charge on any atom is -0.325 e. The van der Waals surface area contributed by atoms with Gasteiger partial charge >= 0.3 is 0 Å². The van der Waals surface area contributed by atoms with E-state index >= 15 is 0 Å². The molecule has 1 aliphatic heterocycles. The lowest BCUT2D eigenvalue weighted by atomic mass is 10.1. The van der Waals surface area contributed by atoms with E-state index in [1.165, 1.54) is 40.6 Å². The molecule has 8 nitrogen and oxygen atoms in total. The molecule has 0 fully saturated rings. The van der Waals surface area contributed by atoms with Crippen molar-refractivity contribution in [2.45, 2.75) is 16.5 Å². The normalized spacial score (nSPS) is 12.5. The minimum atomic E-state index is -0.489. The van der Waals surface area contributed by atoms with Gasteiger partial charge in [-0.15, -0.1) is 11.8 Å². The molecular weight excluding hydrogens is 472 g/mol. The van der Waals surface area contributed by atoms with E-state index < -0.39 is 4.92 Å². The third-order valence-electron chi connectivity index (χ3n) is 5.38. The van der Waals surface area contributed by atoms with Crippen LogP contribution in [0.3, 0.4) is 0 Å². The molecule has 170 valence electrons. The predicted molar refractivity (Wildman–Crippen MR) is 134 cm³/mol. The SMILES string of the molecule is O=C(CSc1nc2c(c(=O)n1-c1ccc([N+](=O)[O-])cc1)SCC2)Nc1cccc2ccccc12. The summed E-state index contributed by atoms with van der Waals surface area (Å²) in [6.07, 6.45) is 0.687. The number of nitro benzene ring substituents is 1. The van der Waals surface area contributed by atoms with Crippen LogP contribution in [0.25, 0.3) is 16.5 Å². The number of nitrogens with one attached hydrogen (secondary N) is 1. The standard InChI is InChI=1S/C24H18N4O4S2/c29-21(25-19-7-3-5-15-4-1-2-6-18(15)19)14-34-24-26-20-12-13-33-22(20)23(30)27(24)16-8-10-17(11-9-16)28(31)32/h1-11H,12-14H2,(H,25,29). The Morgan fingerprint density at radius 3 is 2.68 bits per heavy atom. The van der Waals surface area contributed by atoms with E-state index in [0.717, 1.165) is 39.7 Å². The third kappa shape index (κ3) is 4.29. The molecule has 0 saturated carbocycles. The van der Waals surface area contributed by atoms with Crippen LogP contribution in [-0.2, 0) is 11.2 Å². The number of hydrogen-bond acceptors (Lipinski definition) is 7. The Morgan fingerprint density at radius 2 is 1.88 bits per heavy atom. The van der Waals surface area contributed by atoms with Crippen molar-refractivity contribution in [3.63, 3.8) is 0 Å². The Balaban J connectivity index is 1.43. The first-order valence-corrected chi connectivity index (χ1v) is 12.4. The van der Waals surface area contributed by atoms with Gasteiger partial charge in [-0.05, 0) is 23.6 Å². The number of rotatable bonds is 6. The maximum atomic E-state index is 13.2. The van der Waals surface area contributed by atoms with Crippen LogP contribution in [0.2, 0.25) is 0 Å². The fourth-order valence-corrected chi connectivity index (χ4v) is 5.64. The zero-order valence-electron chi connectivity index (χ0n) is 17.8. The molecule has 4 aromatic rings. The van der Waals surface area contributed by atoms with Crippen LogP contribution in [0, 0.1) is 10.1 Å². The monoisotopic (exact) mass is 490 g/mol. The van der Waals surface area contributed by atoms with Crippen LogP contribution in [0.1, 0.15) is 5.69 Å². The predicted octanol–water partition coefficient (Wildman–Crippen LogP) is 4.67. The average Bonchev–Trinajstić information content (AvgIpc) is 3.32. The Morgan fingerprint density at radius 1 is 1.12 bits per heavy atom. The maximum Gasteiger partial charge on any atom is 0.272 e. The van der Waals surface area contributed by atoms with Crippen LogP contribution >= 0.6 is 23.5 Å². The summed E-state index contributed by atoms with van der Waals surface area (Å²) in [6, 6.07) is 19.3. The topological polar surface area (TPSA) is 107 Å². The molecule has 1 amide bonds. The number of nitro groups is 1. The number of hydrogen-bond donors (Lipinski definition) is 1. The van der Waals surface area contributed by atoms with Crippen LogP contribution in [0.15, 0.2) is 81.6 Å². The lowest BCUT2D eigenvalue weighted by molar-refractivity contribution is -0.384. The number of fused-ring (bicyclic) bond motifs is 2. The molecule has 0 unspecified atom stereocenters. The molecular formula is C24H18N4O4S2. The highest BCUT2D eigenvalue weighted by Crippen LogP contribution is 2.30. The van der Waals surface area contributed by atoms with E-state index in [-0.39, 0.29) is 22.9 Å². The van der Waals surface area contributed by atoms with Crippen molar-refractivity contribution in [2.24, 2.45) is 0 Å². The second kappa shape index (κ2) is 9.32. The van der Waals surface area contributed by atoms with Gasteiger partial charge in [0.2, 0.25) is 5.91 Å². The summed E-state index contributed by atoms with van der Waals surface area (Å²) >= 11 is 2.62. The van der Waals surface area contributed by atoms with Gasteiger partial charge in [-0.2, -0.15) is 0 Å².